The zero-order valence-corrected chi connectivity index (χ0v) is 52.6. The van der Waals surface area contributed by atoms with Gasteiger partial charge in [0.15, 0.2) is 56.4 Å². The summed E-state index contributed by atoms with van der Waals surface area (Å²) in [6, 6.07) is -5.32. The van der Waals surface area contributed by atoms with Crippen LogP contribution in [0, 0.1) is 0 Å². The molecule has 8 aliphatic heterocycles. The maximum atomic E-state index is 12.8. The van der Waals surface area contributed by atoms with Crippen molar-refractivity contribution in [2.45, 2.75) is 266 Å². The third-order valence-corrected chi connectivity index (χ3v) is 17.8. The minimum Gasteiger partial charge on any atom is -0.479 e. The standard InChI is InChI=1S/C54H89N3O42/c1-11(64)55-21-27(70)39(16(6-60)86-47(21)84)93-48-22(56-12(2)65)28(71)41(18(8-62)89-48)96-54-38(81)44(26(69)20(92-54)10-85-50-34(77)30(73)24(67)14(4-58)87-50)97-51-36(79)33(76)42(19(9-63)91-51)94-49-23(57-13(3)66)29(72)40(17(7-61)90-49)95-53-37(80)43(25(68)15(5-59)88-53)98-52-35(78)31(74)32(75)45(99-52)46(82)83/h14-45,47-54,58-63,67-81,84H,4-10H2,1-3H3,(H,55,64)(H,56,65)(H,57,66)(H,82,83)/t14-,15-,16-,17-,18-,19-,20-,21-,22-,23-,24-,25+,26-,27-,28-,29-,30+,31+,32+,33-,34+,35-,36+,37-,38+,39-,40-,41-,42-,43+,44+,45+,47-,48+,49+,50+,51-,52-,53+,54+/m1/s1. The van der Waals surface area contributed by atoms with E-state index in [1.165, 1.54) is 0 Å². The molecule has 45 nitrogen and oxygen atoms in total. The first-order valence-corrected chi connectivity index (χ1v) is 31.1. The second-order valence-electron chi connectivity index (χ2n) is 24.7. The van der Waals surface area contributed by atoms with Crippen LogP contribution in [0.3, 0.4) is 0 Å². The van der Waals surface area contributed by atoms with Crippen molar-refractivity contribution in [1.29, 1.82) is 0 Å². The van der Waals surface area contributed by atoms with Crippen LogP contribution >= 0.6 is 0 Å². The summed E-state index contributed by atoms with van der Waals surface area (Å²) < 4.78 is 86.0. The van der Waals surface area contributed by atoms with Crippen molar-refractivity contribution in [3.8, 4) is 0 Å². The number of nitrogens with one attached hydrogen (secondary N) is 3. The van der Waals surface area contributed by atoms with E-state index in [4.69, 9.17) is 71.1 Å². The molecule has 0 unspecified atom stereocenters. The first kappa shape index (κ1) is 81.1. The van der Waals surface area contributed by atoms with Crippen LogP contribution in [-0.4, -0.2) is 433 Å². The van der Waals surface area contributed by atoms with Crippen molar-refractivity contribution in [3.63, 3.8) is 0 Å². The van der Waals surface area contributed by atoms with Gasteiger partial charge in [0.2, 0.25) is 17.7 Å². The highest BCUT2D eigenvalue weighted by Crippen LogP contribution is 2.39. The van der Waals surface area contributed by atoms with Crippen molar-refractivity contribution in [2.24, 2.45) is 0 Å². The zero-order chi connectivity index (χ0) is 73.1. The van der Waals surface area contributed by atoms with Gasteiger partial charge in [-0.1, -0.05) is 0 Å². The third kappa shape index (κ3) is 17.7. The van der Waals surface area contributed by atoms with Gasteiger partial charge >= 0.3 is 5.97 Å². The molecule has 0 aromatic heterocycles. The smallest absolute Gasteiger partial charge is 0.335 e. The lowest BCUT2D eigenvalue weighted by Gasteiger charge is -2.51. The molecule has 26 N–H and O–H groups in total. The highest BCUT2D eigenvalue weighted by atomic mass is 16.8. The van der Waals surface area contributed by atoms with E-state index in [0.29, 0.717) is 0 Å². The fourth-order valence-corrected chi connectivity index (χ4v) is 12.6. The first-order valence-electron chi connectivity index (χ1n) is 31.1. The monoisotopic (exact) mass is 1450 g/mol. The highest BCUT2D eigenvalue weighted by molar-refractivity contribution is 5.74. The van der Waals surface area contributed by atoms with Crippen LogP contribution in [0.1, 0.15) is 20.8 Å². The number of hydrogen-bond acceptors (Lipinski definition) is 41. The van der Waals surface area contributed by atoms with Gasteiger partial charge in [0.1, 0.15) is 189 Å². The second kappa shape index (κ2) is 35.0. The number of amides is 3. The van der Waals surface area contributed by atoms with Crippen molar-refractivity contribution >= 4 is 23.7 Å². The summed E-state index contributed by atoms with van der Waals surface area (Å²) >= 11 is 0. The molecule has 572 valence electrons. The third-order valence-electron chi connectivity index (χ3n) is 17.8. The van der Waals surface area contributed by atoms with E-state index in [0.717, 1.165) is 20.8 Å². The predicted molar refractivity (Wildman–Crippen MR) is 300 cm³/mol. The van der Waals surface area contributed by atoms with Gasteiger partial charge in [-0.25, -0.2) is 4.79 Å². The number of ether oxygens (including phenoxy) is 15. The average Bonchev–Trinajstić information content (AvgIpc) is 0.774. The first-order chi connectivity index (χ1) is 46.7. The van der Waals surface area contributed by atoms with Gasteiger partial charge < -0.3 is 204 Å². The molecule has 0 aliphatic carbocycles. The van der Waals surface area contributed by atoms with Gasteiger partial charge in [-0.15, -0.1) is 0 Å². The Bertz CT molecular complexity index is 2600. The van der Waals surface area contributed by atoms with E-state index in [1.54, 1.807) is 0 Å². The number of aliphatic hydroxyl groups is 22. The van der Waals surface area contributed by atoms with Crippen LogP contribution in [0.15, 0.2) is 0 Å². The molecular formula is C54H89N3O42. The molecular weight excluding hydrogens is 1360 g/mol. The molecule has 8 heterocycles. The lowest BCUT2D eigenvalue weighted by molar-refractivity contribution is -0.393. The topological polar surface area (TPSA) is 708 Å². The van der Waals surface area contributed by atoms with Crippen molar-refractivity contribution in [3.05, 3.63) is 0 Å². The van der Waals surface area contributed by atoms with Gasteiger partial charge in [0.25, 0.3) is 0 Å². The Morgan fingerprint density at radius 1 is 0.293 bits per heavy atom. The van der Waals surface area contributed by atoms with Crippen molar-refractivity contribution < 1.29 is 208 Å². The van der Waals surface area contributed by atoms with Crippen LogP contribution in [0.25, 0.3) is 0 Å². The van der Waals surface area contributed by atoms with E-state index in [2.05, 4.69) is 16.0 Å². The van der Waals surface area contributed by atoms with Crippen LogP contribution < -0.4 is 16.0 Å². The Morgan fingerprint density at radius 3 is 1.04 bits per heavy atom. The number of aliphatic hydroxyl groups excluding tert-OH is 22. The van der Waals surface area contributed by atoms with Crippen LogP contribution in [0.4, 0.5) is 0 Å². The van der Waals surface area contributed by atoms with E-state index in [-0.39, 0.29) is 0 Å². The average molecular weight is 1450 g/mol. The Kier molecular flexibility index (Phi) is 28.7. The van der Waals surface area contributed by atoms with Crippen LogP contribution in [0.5, 0.6) is 0 Å². The Morgan fingerprint density at radius 2 is 0.596 bits per heavy atom. The fourth-order valence-electron chi connectivity index (χ4n) is 12.6. The molecule has 0 bridgehead atoms. The number of carbonyl (C=O) groups excluding carboxylic acids is 3. The summed E-state index contributed by atoms with van der Waals surface area (Å²) in [5, 5.41) is 258. The Labute approximate surface area is 558 Å². The predicted octanol–water partition coefficient (Wildman–Crippen LogP) is -17.9. The maximum absolute atomic E-state index is 12.8. The quantitative estimate of drug-likeness (QED) is 0.0404. The van der Waals surface area contributed by atoms with Gasteiger partial charge in [0.05, 0.1) is 46.2 Å². The number of hydrogen-bond donors (Lipinski definition) is 26. The van der Waals surface area contributed by atoms with E-state index in [1.807, 2.05) is 0 Å². The number of carboxylic acid groups (broad SMARTS) is 1. The molecule has 99 heavy (non-hydrogen) atoms. The SMILES string of the molecule is CC(=O)N[C@@H]1[C@@H](O)[C@H](O[C@@H]2O[C@H](CO)[C@@H](O[C@@H]3O[C@H](CO[C@H]4O[C@H](CO)[C@@H](O)[C@H](O)[C@@H]4O)[C@@H](O)[C@H](O[C@H]4O[C@H](CO)[C@@H](O[C@@H]5O[C@H](CO)[C@@H](O[C@@H]6O[C@H](CO)[C@H](O)[C@H](O[C@@H]7O[C@H](C(=O)O)[C@@H](O)[C@H](O)[C@H]7O)[C@H]6O)[C@H](O)[C@H]5NC(C)=O)[C@H](O)[C@@H]4O)[C@@H]3O)[C@H](O)[C@H]2NC(C)=O)[C@@H](CO)O[C@H]1O. The normalized spacial score (nSPS) is 49.1. The lowest BCUT2D eigenvalue weighted by Crippen LogP contribution is -2.70. The van der Waals surface area contributed by atoms with Crippen LogP contribution in [-0.2, 0) is 90.2 Å². The van der Waals surface area contributed by atoms with Crippen molar-refractivity contribution in [1.82, 2.24) is 16.0 Å². The second-order valence-corrected chi connectivity index (χ2v) is 24.7. The molecule has 8 aliphatic rings. The molecule has 8 saturated heterocycles. The summed E-state index contributed by atoms with van der Waals surface area (Å²) in [5.74, 6) is -4.41. The molecule has 0 saturated carbocycles. The zero-order valence-electron chi connectivity index (χ0n) is 52.6. The Balaban J connectivity index is 1.01. The molecule has 40 atom stereocenters. The number of rotatable bonds is 25. The number of carboxylic acids is 1. The maximum Gasteiger partial charge on any atom is 0.335 e. The summed E-state index contributed by atoms with van der Waals surface area (Å²) in [5.41, 5.74) is 0. The largest absolute Gasteiger partial charge is 0.479 e. The molecule has 0 spiro atoms. The molecule has 8 rings (SSSR count). The van der Waals surface area contributed by atoms with Crippen molar-refractivity contribution in [2.75, 3.05) is 46.2 Å². The molecule has 3 amide bonds. The molecule has 0 radical (unpaired) electrons. The summed E-state index contributed by atoms with van der Waals surface area (Å²) in [4.78, 5) is 49.3. The fraction of sp³-hybridized carbons (Fsp3) is 0.926. The highest BCUT2D eigenvalue weighted by Gasteiger charge is 2.60. The molecule has 0 aromatic carbocycles. The van der Waals surface area contributed by atoms with E-state index < -0.39 is 315 Å². The van der Waals surface area contributed by atoms with Gasteiger partial charge in [-0.05, 0) is 0 Å². The molecule has 0 aromatic rings. The van der Waals surface area contributed by atoms with E-state index in [9.17, 15) is 137 Å². The van der Waals surface area contributed by atoms with Gasteiger partial charge in [-0.2, -0.15) is 0 Å². The number of carbonyl (C=O) groups is 4. The summed E-state index contributed by atoms with van der Waals surface area (Å²) in [7, 11) is 0. The summed E-state index contributed by atoms with van der Waals surface area (Å²) in [6.07, 6.45) is -76.3. The van der Waals surface area contributed by atoms with E-state index >= 15 is 0 Å². The minimum absolute atomic E-state index is 0.753. The van der Waals surface area contributed by atoms with Crippen LogP contribution in [0.2, 0.25) is 0 Å². The van der Waals surface area contributed by atoms with Gasteiger partial charge in [0, 0.05) is 20.8 Å². The molecule has 45 heteroatoms. The summed E-state index contributed by atoms with van der Waals surface area (Å²) in [6.45, 7) is -4.46. The number of aliphatic carboxylic acids is 1. The Hall–Kier alpha value is -3.60. The van der Waals surface area contributed by atoms with Gasteiger partial charge in [-0.3, -0.25) is 14.4 Å². The molecule has 8 fully saturated rings. The lowest BCUT2D eigenvalue weighted by atomic mass is 9.93. The minimum atomic E-state index is -2.43.